The van der Waals surface area contributed by atoms with E-state index in [9.17, 15) is 4.79 Å². The zero-order valence-electron chi connectivity index (χ0n) is 18.3. The molecule has 2 heterocycles. The normalized spacial score (nSPS) is 30.6. The molecule has 0 N–H and O–H groups in total. The summed E-state index contributed by atoms with van der Waals surface area (Å²) in [6.45, 7) is 7.24. The minimum atomic E-state index is -0.0868. The molecule has 3 nitrogen and oxygen atoms in total. The number of allylic oxidation sites excluding steroid dienone is 1. The second-order valence-corrected chi connectivity index (χ2v) is 9.47. The second-order valence-electron chi connectivity index (χ2n) is 9.47. The highest BCUT2D eigenvalue weighted by Crippen LogP contribution is 2.44. The summed E-state index contributed by atoms with van der Waals surface area (Å²) in [5.74, 6) is -0.0635. The number of carbonyl (C=O) groups is 1. The number of nitrogens with zero attached hydrogens (tertiary/aromatic N) is 1. The minimum absolute atomic E-state index is 0.0233. The molecule has 2 saturated heterocycles. The van der Waals surface area contributed by atoms with E-state index in [2.05, 4.69) is 44.2 Å². The second kappa shape index (κ2) is 9.04. The van der Waals surface area contributed by atoms with E-state index in [1.165, 1.54) is 54.4 Å². The standard InChI is InChI=1S/C26H38NO2/c1-3-16-27(17-4-2)21-14-15-22(27)19-23(18-21)29-26(28)25-13-9-8-12-24(25)20-10-6-5-7-11-20/h5-7,10-12,21-23,25H,3-4,8-9,13-19H2,1-2H3/q+1/t21-,22+,23?,25?. The lowest BCUT2D eigenvalue weighted by molar-refractivity contribution is -0.966. The summed E-state index contributed by atoms with van der Waals surface area (Å²) >= 11 is 0. The van der Waals surface area contributed by atoms with Gasteiger partial charge in [-0.15, -0.1) is 0 Å². The van der Waals surface area contributed by atoms with Crippen LogP contribution in [0.4, 0.5) is 0 Å². The molecule has 4 atom stereocenters. The maximum absolute atomic E-state index is 13.2. The molecule has 2 aliphatic heterocycles. The van der Waals surface area contributed by atoms with Gasteiger partial charge in [-0.3, -0.25) is 4.79 Å². The fourth-order valence-corrected chi connectivity index (χ4v) is 6.64. The first-order valence-electron chi connectivity index (χ1n) is 12.0. The average Bonchev–Trinajstić information content (AvgIpc) is 2.92. The molecule has 0 saturated carbocycles. The molecule has 2 fully saturated rings. The molecule has 4 rings (SSSR count). The van der Waals surface area contributed by atoms with Crippen molar-refractivity contribution in [3.63, 3.8) is 0 Å². The largest absolute Gasteiger partial charge is 0.461 e. The molecule has 3 aliphatic rings. The molecule has 2 bridgehead atoms. The van der Waals surface area contributed by atoms with Crippen LogP contribution in [0.2, 0.25) is 0 Å². The monoisotopic (exact) mass is 396 g/mol. The third-order valence-corrected chi connectivity index (χ3v) is 7.75. The van der Waals surface area contributed by atoms with Gasteiger partial charge < -0.3 is 9.22 Å². The van der Waals surface area contributed by atoms with Gasteiger partial charge in [0.1, 0.15) is 6.10 Å². The molecule has 2 unspecified atom stereocenters. The van der Waals surface area contributed by atoms with Crippen molar-refractivity contribution in [1.82, 2.24) is 0 Å². The van der Waals surface area contributed by atoms with Crippen LogP contribution < -0.4 is 0 Å². The Balaban J connectivity index is 1.44. The van der Waals surface area contributed by atoms with Gasteiger partial charge in [-0.05, 0) is 43.2 Å². The van der Waals surface area contributed by atoms with Crippen LogP contribution in [0.3, 0.4) is 0 Å². The maximum atomic E-state index is 13.2. The van der Waals surface area contributed by atoms with Crippen molar-refractivity contribution in [3.8, 4) is 0 Å². The number of hydrogen-bond donors (Lipinski definition) is 0. The fourth-order valence-electron chi connectivity index (χ4n) is 6.64. The highest BCUT2D eigenvalue weighted by atomic mass is 16.5. The van der Waals surface area contributed by atoms with Gasteiger partial charge >= 0.3 is 5.97 Å². The van der Waals surface area contributed by atoms with Crippen LogP contribution in [0.5, 0.6) is 0 Å². The van der Waals surface area contributed by atoms with Gasteiger partial charge in [-0.2, -0.15) is 0 Å². The van der Waals surface area contributed by atoms with Crippen molar-refractivity contribution in [1.29, 1.82) is 0 Å². The summed E-state index contributed by atoms with van der Waals surface area (Å²) in [5, 5.41) is 0. The predicted molar refractivity (Wildman–Crippen MR) is 118 cm³/mol. The quantitative estimate of drug-likeness (QED) is 0.434. The third-order valence-electron chi connectivity index (χ3n) is 7.75. The van der Waals surface area contributed by atoms with Gasteiger partial charge in [-0.1, -0.05) is 50.3 Å². The molecular formula is C26H38NO2+. The Morgan fingerprint density at radius 2 is 1.66 bits per heavy atom. The Hall–Kier alpha value is -1.61. The van der Waals surface area contributed by atoms with E-state index in [4.69, 9.17) is 4.74 Å². The first kappa shape index (κ1) is 20.7. The predicted octanol–water partition coefficient (Wildman–Crippen LogP) is 5.74. The Bertz CT molecular complexity index is 703. The molecule has 1 aliphatic carbocycles. The van der Waals surface area contributed by atoms with Crippen LogP contribution in [0.25, 0.3) is 5.57 Å². The fraction of sp³-hybridized carbons (Fsp3) is 0.654. The molecule has 1 aromatic rings. The zero-order valence-corrected chi connectivity index (χ0v) is 18.3. The van der Waals surface area contributed by atoms with Gasteiger partial charge in [0.2, 0.25) is 0 Å². The van der Waals surface area contributed by atoms with Crippen LogP contribution in [-0.2, 0) is 9.53 Å². The van der Waals surface area contributed by atoms with Crippen molar-refractivity contribution >= 4 is 11.5 Å². The summed E-state index contributed by atoms with van der Waals surface area (Å²) in [6, 6.07) is 11.8. The van der Waals surface area contributed by atoms with Crippen LogP contribution >= 0.6 is 0 Å². The van der Waals surface area contributed by atoms with Gasteiger partial charge in [0.05, 0.1) is 31.1 Å². The number of esters is 1. The summed E-state index contributed by atoms with van der Waals surface area (Å²) in [4.78, 5) is 13.2. The Morgan fingerprint density at radius 3 is 2.28 bits per heavy atom. The smallest absolute Gasteiger partial charge is 0.313 e. The van der Waals surface area contributed by atoms with Crippen molar-refractivity contribution in [3.05, 3.63) is 42.0 Å². The van der Waals surface area contributed by atoms with Crippen LogP contribution in [0.1, 0.15) is 77.2 Å². The molecule has 29 heavy (non-hydrogen) atoms. The minimum Gasteiger partial charge on any atom is -0.461 e. The van der Waals surface area contributed by atoms with Crippen LogP contribution in [0.15, 0.2) is 36.4 Å². The van der Waals surface area contributed by atoms with Crippen LogP contribution in [0, 0.1) is 5.92 Å². The number of quaternary nitrogens is 1. The lowest BCUT2D eigenvalue weighted by atomic mass is 9.83. The third kappa shape index (κ3) is 4.03. The van der Waals surface area contributed by atoms with Crippen LogP contribution in [-0.4, -0.2) is 41.7 Å². The number of hydrogen-bond acceptors (Lipinski definition) is 2. The molecule has 1 aromatic carbocycles. The highest BCUT2D eigenvalue weighted by molar-refractivity contribution is 5.89. The molecule has 3 heteroatoms. The molecule has 0 spiro atoms. The van der Waals surface area contributed by atoms with Gasteiger partial charge in [-0.25, -0.2) is 0 Å². The lowest BCUT2D eigenvalue weighted by Crippen LogP contribution is -2.62. The highest BCUT2D eigenvalue weighted by Gasteiger charge is 2.54. The number of rotatable bonds is 7. The topological polar surface area (TPSA) is 26.3 Å². The Labute approximate surface area is 176 Å². The number of carbonyl (C=O) groups excluding carboxylic acids is 1. The van der Waals surface area contributed by atoms with Gasteiger partial charge in [0, 0.05) is 25.7 Å². The summed E-state index contributed by atoms with van der Waals surface area (Å²) in [6.07, 6.45) is 12.7. The van der Waals surface area contributed by atoms with E-state index >= 15 is 0 Å². The van der Waals surface area contributed by atoms with Crippen molar-refractivity contribution in [2.24, 2.45) is 5.92 Å². The van der Waals surface area contributed by atoms with E-state index in [0.717, 1.165) is 32.1 Å². The van der Waals surface area contributed by atoms with Gasteiger partial charge in [0.15, 0.2) is 0 Å². The van der Waals surface area contributed by atoms with E-state index in [0.29, 0.717) is 12.1 Å². The first-order valence-corrected chi connectivity index (χ1v) is 12.0. The number of ether oxygens (including phenoxy) is 1. The first-order chi connectivity index (χ1) is 14.2. The number of benzene rings is 1. The SMILES string of the molecule is CCC[N+]1(CCC)[C@@H]2CC[C@H]1CC(OC(=O)C1CCCC=C1c1ccccc1)C2. The maximum Gasteiger partial charge on any atom is 0.313 e. The Kier molecular flexibility index (Phi) is 6.44. The molecule has 0 amide bonds. The van der Waals surface area contributed by atoms with E-state index < -0.39 is 0 Å². The van der Waals surface area contributed by atoms with Crippen molar-refractivity contribution < 1.29 is 14.0 Å². The lowest BCUT2D eigenvalue weighted by Gasteiger charge is -2.49. The van der Waals surface area contributed by atoms with Crippen molar-refractivity contribution in [2.75, 3.05) is 13.1 Å². The molecule has 0 aromatic heterocycles. The van der Waals surface area contributed by atoms with E-state index in [1.807, 2.05) is 6.07 Å². The van der Waals surface area contributed by atoms with E-state index in [1.54, 1.807) is 0 Å². The molecule has 158 valence electrons. The summed E-state index contributed by atoms with van der Waals surface area (Å²) in [5.41, 5.74) is 2.36. The zero-order chi connectivity index (χ0) is 20.3. The number of fused-ring (bicyclic) bond motifs is 2. The average molecular weight is 397 g/mol. The van der Waals surface area contributed by atoms with Gasteiger partial charge in [0.25, 0.3) is 0 Å². The summed E-state index contributed by atoms with van der Waals surface area (Å²) in [7, 11) is 0. The molecule has 0 radical (unpaired) electrons. The summed E-state index contributed by atoms with van der Waals surface area (Å²) < 4.78 is 7.53. The Morgan fingerprint density at radius 1 is 1.00 bits per heavy atom. The van der Waals surface area contributed by atoms with Crippen molar-refractivity contribution in [2.45, 2.75) is 89.8 Å². The number of piperidine rings is 1. The molecular weight excluding hydrogens is 358 g/mol. The van der Waals surface area contributed by atoms with E-state index in [-0.39, 0.29) is 18.0 Å².